The molecule has 0 saturated heterocycles. The van der Waals surface area contributed by atoms with Crippen molar-refractivity contribution in [1.82, 2.24) is 5.32 Å². The van der Waals surface area contributed by atoms with Gasteiger partial charge in [-0.2, -0.15) is 0 Å². The van der Waals surface area contributed by atoms with Gasteiger partial charge in [-0.3, -0.25) is 4.79 Å². The minimum atomic E-state index is -0.874. The molecule has 0 aromatic rings. The first-order valence-electron chi connectivity index (χ1n) is 6.78. The molecule has 0 aromatic heterocycles. The smallest absolute Gasteiger partial charge is 0.407 e. The molecule has 1 aliphatic rings. The summed E-state index contributed by atoms with van der Waals surface area (Å²) in [6.45, 7) is 2.42. The summed E-state index contributed by atoms with van der Waals surface area (Å²) >= 11 is 0. The van der Waals surface area contributed by atoms with Crippen LogP contribution in [0.25, 0.3) is 0 Å². The van der Waals surface area contributed by atoms with E-state index in [-0.39, 0.29) is 18.4 Å². The van der Waals surface area contributed by atoms with Crippen LogP contribution in [0.1, 0.15) is 51.9 Å². The van der Waals surface area contributed by atoms with Gasteiger partial charge >= 0.3 is 12.1 Å². The molecule has 2 N–H and O–H groups in total. The van der Waals surface area contributed by atoms with Gasteiger partial charge in [0.05, 0.1) is 13.0 Å². The lowest BCUT2D eigenvalue weighted by Gasteiger charge is -2.22. The van der Waals surface area contributed by atoms with Crippen molar-refractivity contribution in [3.63, 3.8) is 0 Å². The molecular formula is C13H23NO4. The van der Waals surface area contributed by atoms with E-state index in [0.717, 1.165) is 38.5 Å². The first kappa shape index (κ1) is 14.8. The van der Waals surface area contributed by atoms with Gasteiger partial charge in [0, 0.05) is 6.04 Å². The van der Waals surface area contributed by atoms with Crippen LogP contribution in [0.4, 0.5) is 4.79 Å². The minimum Gasteiger partial charge on any atom is -0.481 e. The third-order valence-corrected chi connectivity index (χ3v) is 3.40. The molecule has 1 amide bonds. The van der Waals surface area contributed by atoms with Crippen LogP contribution in [-0.2, 0) is 9.53 Å². The Hall–Kier alpha value is -1.26. The summed E-state index contributed by atoms with van der Waals surface area (Å²) in [5.41, 5.74) is 0. The second-order valence-corrected chi connectivity index (χ2v) is 4.88. The van der Waals surface area contributed by atoms with Crippen LogP contribution in [0.2, 0.25) is 0 Å². The molecular weight excluding hydrogens is 234 g/mol. The number of aliphatic carboxylic acids is 1. The molecule has 104 valence electrons. The van der Waals surface area contributed by atoms with Gasteiger partial charge in [-0.15, -0.1) is 0 Å². The number of rotatable bonds is 7. The third-order valence-electron chi connectivity index (χ3n) is 3.40. The molecule has 0 bridgehead atoms. The van der Waals surface area contributed by atoms with Gasteiger partial charge in [-0.05, 0) is 25.2 Å². The molecule has 0 spiro atoms. The van der Waals surface area contributed by atoms with E-state index in [4.69, 9.17) is 9.84 Å². The van der Waals surface area contributed by atoms with Crippen molar-refractivity contribution in [2.24, 2.45) is 5.92 Å². The number of amides is 1. The molecule has 0 radical (unpaired) electrons. The normalized spacial score (nSPS) is 17.4. The quantitative estimate of drug-likeness (QED) is 0.687. The van der Waals surface area contributed by atoms with Gasteiger partial charge in [0.15, 0.2) is 0 Å². The third kappa shape index (κ3) is 5.38. The lowest BCUT2D eigenvalue weighted by atomic mass is 9.95. The van der Waals surface area contributed by atoms with Crippen LogP contribution < -0.4 is 5.32 Å². The van der Waals surface area contributed by atoms with Crippen LogP contribution >= 0.6 is 0 Å². The Bertz CT molecular complexity index is 274. The molecule has 0 aromatic carbocycles. The molecule has 1 fully saturated rings. The lowest BCUT2D eigenvalue weighted by molar-refractivity contribution is -0.137. The average molecular weight is 257 g/mol. The zero-order valence-corrected chi connectivity index (χ0v) is 11.0. The molecule has 1 atom stereocenters. The van der Waals surface area contributed by atoms with Gasteiger partial charge in [-0.1, -0.05) is 26.2 Å². The number of carbonyl (C=O) groups is 2. The first-order chi connectivity index (χ1) is 8.63. The number of unbranched alkanes of at least 4 members (excludes halogenated alkanes) is 1. The van der Waals surface area contributed by atoms with Crippen molar-refractivity contribution in [1.29, 1.82) is 0 Å². The van der Waals surface area contributed by atoms with E-state index in [9.17, 15) is 9.59 Å². The van der Waals surface area contributed by atoms with Gasteiger partial charge in [-0.25, -0.2) is 4.79 Å². The summed E-state index contributed by atoms with van der Waals surface area (Å²) in [5.74, 6) is -0.597. The molecule has 1 saturated carbocycles. The standard InChI is InChI=1S/C13H23NO4/c1-2-3-8-18-13(17)14-11(9-12(15)16)10-6-4-5-7-10/h10-11H,2-9H2,1H3,(H,14,17)(H,15,16). The summed E-state index contributed by atoms with van der Waals surface area (Å²) in [6, 6.07) is -0.292. The van der Waals surface area contributed by atoms with Gasteiger partial charge in [0.2, 0.25) is 0 Å². The second-order valence-electron chi connectivity index (χ2n) is 4.88. The molecule has 1 unspecified atom stereocenters. The topological polar surface area (TPSA) is 75.6 Å². The Morgan fingerprint density at radius 1 is 1.39 bits per heavy atom. The fourth-order valence-corrected chi connectivity index (χ4v) is 2.39. The first-order valence-corrected chi connectivity index (χ1v) is 6.78. The Kier molecular flexibility index (Phi) is 6.54. The highest BCUT2D eigenvalue weighted by Gasteiger charge is 2.28. The molecule has 0 aliphatic heterocycles. The van der Waals surface area contributed by atoms with Crippen molar-refractivity contribution in [3.05, 3.63) is 0 Å². The zero-order valence-electron chi connectivity index (χ0n) is 11.0. The lowest BCUT2D eigenvalue weighted by Crippen LogP contribution is -2.41. The summed E-state index contributed by atoms with van der Waals surface area (Å²) < 4.78 is 5.01. The largest absolute Gasteiger partial charge is 0.481 e. The number of carbonyl (C=O) groups excluding carboxylic acids is 1. The number of carboxylic acids is 1. The highest BCUT2D eigenvalue weighted by molar-refractivity contribution is 5.71. The van der Waals surface area contributed by atoms with Gasteiger partial charge in [0.25, 0.3) is 0 Å². The summed E-state index contributed by atoms with van der Waals surface area (Å²) in [4.78, 5) is 22.4. The molecule has 1 aliphatic carbocycles. The molecule has 0 heterocycles. The van der Waals surface area contributed by atoms with E-state index in [1.807, 2.05) is 6.92 Å². The Morgan fingerprint density at radius 2 is 2.06 bits per heavy atom. The van der Waals surface area contributed by atoms with E-state index < -0.39 is 12.1 Å². The van der Waals surface area contributed by atoms with Crippen molar-refractivity contribution in [2.75, 3.05) is 6.61 Å². The van der Waals surface area contributed by atoms with Crippen LogP contribution in [0, 0.1) is 5.92 Å². The van der Waals surface area contributed by atoms with Crippen LogP contribution in [-0.4, -0.2) is 29.8 Å². The minimum absolute atomic E-state index is 0.0203. The fraction of sp³-hybridized carbons (Fsp3) is 0.846. The molecule has 1 rings (SSSR count). The molecule has 5 nitrogen and oxygen atoms in total. The maximum Gasteiger partial charge on any atom is 0.407 e. The van der Waals surface area contributed by atoms with E-state index in [1.165, 1.54) is 0 Å². The van der Waals surface area contributed by atoms with Crippen LogP contribution in [0.3, 0.4) is 0 Å². The summed E-state index contributed by atoms with van der Waals surface area (Å²) in [6.07, 6.45) is 5.52. The number of hydrogen-bond donors (Lipinski definition) is 2. The van der Waals surface area contributed by atoms with E-state index >= 15 is 0 Å². The van der Waals surface area contributed by atoms with Crippen molar-refractivity contribution in [3.8, 4) is 0 Å². The number of hydrogen-bond acceptors (Lipinski definition) is 3. The Labute approximate surface area is 108 Å². The van der Waals surface area contributed by atoms with Crippen molar-refractivity contribution >= 4 is 12.1 Å². The zero-order chi connectivity index (χ0) is 13.4. The Balaban J connectivity index is 2.39. The number of nitrogens with one attached hydrogen (secondary N) is 1. The SMILES string of the molecule is CCCCOC(=O)NC(CC(=O)O)C1CCCC1. The summed E-state index contributed by atoms with van der Waals surface area (Å²) in [7, 11) is 0. The average Bonchev–Trinajstić information content (AvgIpc) is 2.81. The van der Waals surface area contributed by atoms with Gasteiger partial charge < -0.3 is 15.2 Å². The fourth-order valence-electron chi connectivity index (χ4n) is 2.39. The van der Waals surface area contributed by atoms with E-state index in [0.29, 0.717) is 6.61 Å². The van der Waals surface area contributed by atoms with Crippen molar-refractivity contribution in [2.45, 2.75) is 57.9 Å². The van der Waals surface area contributed by atoms with E-state index in [2.05, 4.69) is 5.32 Å². The highest BCUT2D eigenvalue weighted by Crippen LogP contribution is 2.29. The number of alkyl carbamates (subject to hydrolysis) is 1. The molecule has 5 heteroatoms. The molecule has 18 heavy (non-hydrogen) atoms. The maximum atomic E-state index is 11.5. The highest BCUT2D eigenvalue weighted by atomic mass is 16.5. The maximum absolute atomic E-state index is 11.5. The predicted molar refractivity (Wildman–Crippen MR) is 67.4 cm³/mol. The second kappa shape index (κ2) is 7.95. The number of ether oxygens (including phenoxy) is 1. The summed E-state index contributed by atoms with van der Waals surface area (Å²) in [5, 5.41) is 11.6. The van der Waals surface area contributed by atoms with Crippen LogP contribution in [0.5, 0.6) is 0 Å². The predicted octanol–water partition coefficient (Wildman–Crippen LogP) is 2.55. The van der Waals surface area contributed by atoms with Gasteiger partial charge in [0.1, 0.15) is 0 Å². The van der Waals surface area contributed by atoms with Crippen molar-refractivity contribution < 1.29 is 19.4 Å². The van der Waals surface area contributed by atoms with Crippen LogP contribution in [0.15, 0.2) is 0 Å². The Morgan fingerprint density at radius 3 is 2.61 bits per heavy atom. The monoisotopic (exact) mass is 257 g/mol. The number of carboxylic acid groups (broad SMARTS) is 1. The van der Waals surface area contributed by atoms with E-state index in [1.54, 1.807) is 0 Å².